The second-order valence-electron chi connectivity index (χ2n) is 2.61. The first-order valence-corrected chi connectivity index (χ1v) is 4.07. The number of carboxylic acid groups (broad SMARTS) is 1. The van der Waals surface area contributed by atoms with Crippen molar-refractivity contribution in [2.24, 2.45) is 0 Å². The normalized spacial score (nSPS) is 9.86. The van der Waals surface area contributed by atoms with Crippen LogP contribution in [-0.2, 0) is 4.74 Å². The molecule has 0 aliphatic heterocycles. The van der Waals surface area contributed by atoms with Crippen LogP contribution in [0.5, 0.6) is 0 Å². The maximum Gasteiger partial charge on any atom is 0.371 e. The van der Waals surface area contributed by atoms with Gasteiger partial charge in [0.15, 0.2) is 0 Å². The molecule has 1 aromatic rings. The van der Waals surface area contributed by atoms with Crippen molar-refractivity contribution in [3.63, 3.8) is 0 Å². The van der Waals surface area contributed by atoms with Crippen LogP contribution in [0.15, 0.2) is 10.5 Å². The zero-order valence-corrected chi connectivity index (χ0v) is 7.86. The molecule has 1 N–H and O–H groups in total. The lowest BCUT2D eigenvalue weighted by atomic mass is 10.2. The van der Waals surface area contributed by atoms with Gasteiger partial charge in [0.25, 0.3) is 0 Å². The topological polar surface area (TPSA) is 76.7 Å². The van der Waals surface area contributed by atoms with Crippen LogP contribution in [0.4, 0.5) is 0 Å². The summed E-state index contributed by atoms with van der Waals surface area (Å²) in [6.45, 7) is 3.43. The summed E-state index contributed by atoms with van der Waals surface area (Å²) in [5.74, 6) is -1.78. The molecule has 1 rings (SSSR count). The van der Waals surface area contributed by atoms with E-state index < -0.39 is 11.9 Å². The van der Waals surface area contributed by atoms with E-state index in [1.54, 1.807) is 6.92 Å². The van der Waals surface area contributed by atoms with Crippen LogP contribution in [0.3, 0.4) is 0 Å². The first kappa shape index (κ1) is 10.3. The summed E-state index contributed by atoms with van der Waals surface area (Å²) in [6.07, 6.45) is 0. The predicted octanol–water partition coefficient (Wildman–Crippen LogP) is 1.46. The van der Waals surface area contributed by atoms with E-state index in [9.17, 15) is 9.59 Å². The number of carbonyl (C=O) groups is 2. The fourth-order valence-corrected chi connectivity index (χ4v) is 0.999. The third-order valence-corrected chi connectivity index (χ3v) is 1.62. The first-order chi connectivity index (χ1) is 6.56. The van der Waals surface area contributed by atoms with E-state index in [1.807, 2.05) is 0 Å². The van der Waals surface area contributed by atoms with Gasteiger partial charge in [-0.25, -0.2) is 9.59 Å². The largest absolute Gasteiger partial charge is 0.475 e. The van der Waals surface area contributed by atoms with Gasteiger partial charge in [0, 0.05) is 6.07 Å². The summed E-state index contributed by atoms with van der Waals surface area (Å²) < 4.78 is 9.55. The molecule has 0 atom stereocenters. The van der Waals surface area contributed by atoms with E-state index in [0.717, 1.165) is 6.07 Å². The van der Waals surface area contributed by atoms with Crippen LogP contribution in [0.25, 0.3) is 0 Å². The molecule has 14 heavy (non-hydrogen) atoms. The van der Waals surface area contributed by atoms with Crippen LogP contribution in [0, 0.1) is 6.92 Å². The van der Waals surface area contributed by atoms with Gasteiger partial charge in [0.2, 0.25) is 5.76 Å². The minimum Gasteiger partial charge on any atom is -0.475 e. The van der Waals surface area contributed by atoms with Gasteiger partial charge in [-0.1, -0.05) is 0 Å². The summed E-state index contributed by atoms with van der Waals surface area (Å²) in [5, 5.41) is 8.59. The summed E-state index contributed by atoms with van der Waals surface area (Å²) in [6, 6.07) is 1.16. The van der Waals surface area contributed by atoms with E-state index >= 15 is 0 Å². The van der Waals surface area contributed by atoms with Crippen LogP contribution >= 0.6 is 0 Å². The van der Waals surface area contributed by atoms with Crippen molar-refractivity contribution in [3.05, 3.63) is 23.2 Å². The Morgan fingerprint density at radius 2 is 2.21 bits per heavy atom. The molecule has 0 amide bonds. The van der Waals surface area contributed by atoms with Gasteiger partial charge in [-0.15, -0.1) is 0 Å². The molecule has 0 aromatic carbocycles. The summed E-state index contributed by atoms with van der Waals surface area (Å²) in [4.78, 5) is 21.7. The smallest absolute Gasteiger partial charge is 0.371 e. The average molecular weight is 198 g/mol. The Bertz CT molecular complexity index is 363. The van der Waals surface area contributed by atoms with Gasteiger partial charge in [-0.2, -0.15) is 0 Å². The van der Waals surface area contributed by atoms with Crippen molar-refractivity contribution in [2.75, 3.05) is 6.61 Å². The number of hydrogen-bond acceptors (Lipinski definition) is 4. The molecule has 0 saturated carbocycles. The van der Waals surface area contributed by atoms with Crippen LogP contribution in [-0.4, -0.2) is 23.7 Å². The molecule has 0 aliphatic rings. The number of aryl methyl sites for hydroxylation is 1. The third kappa shape index (κ3) is 1.93. The van der Waals surface area contributed by atoms with E-state index in [2.05, 4.69) is 0 Å². The Balaban J connectivity index is 2.98. The fraction of sp³-hybridized carbons (Fsp3) is 0.333. The predicted molar refractivity (Wildman–Crippen MR) is 46.4 cm³/mol. The van der Waals surface area contributed by atoms with Gasteiger partial charge in [-0.3, -0.25) is 0 Å². The van der Waals surface area contributed by atoms with E-state index in [4.69, 9.17) is 14.3 Å². The Labute approximate surface area is 80.3 Å². The molecule has 0 radical (unpaired) electrons. The highest BCUT2D eigenvalue weighted by molar-refractivity contribution is 5.94. The van der Waals surface area contributed by atoms with Gasteiger partial charge >= 0.3 is 11.9 Å². The lowest BCUT2D eigenvalue weighted by Crippen LogP contribution is -2.04. The lowest BCUT2D eigenvalue weighted by Gasteiger charge is -1.97. The van der Waals surface area contributed by atoms with Gasteiger partial charge in [-0.05, 0) is 13.8 Å². The number of furan rings is 1. The zero-order valence-electron chi connectivity index (χ0n) is 7.86. The minimum absolute atomic E-state index is 0.157. The van der Waals surface area contributed by atoms with E-state index in [1.165, 1.54) is 6.92 Å². The first-order valence-electron chi connectivity index (χ1n) is 4.07. The number of carboxylic acids is 1. The maximum atomic E-state index is 11.2. The third-order valence-electron chi connectivity index (χ3n) is 1.62. The summed E-state index contributed by atoms with van der Waals surface area (Å²) >= 11 is 0. The number of esters is 1. The van der Waals surface area contributed by atoms with Gasteiger partial charge in [0.1, 0.15) is 11.3 Å². The number of carbonyl (C=O) groups excluding carboxylic acids is 1. The standard InChI is InChI=1S/C9H10O5/c1-3-13-9(12)6-4-7(8(10)11)14-5(6)2/h4H,3H2,1-2H3,(H,10,11). The van der Waals surface area contributed by atoms with Crippen molar-refractivity contribution in [3.8, 4) is 0 Å². The number of aromatic carboxylic acids is 1. The number of ether oxygens (including phenoxy) is 1. The highest BCUT2D eigenvalue weighted by atomic mass is 16.5. The van der Waals surface area contributed by atoms with E-state index in [-0.39, 0.29) is 23.7 Å². The quantitative estimate of drug-likeness (QED) is 0.744. The molecular formula is C9H10O5. The molecule has 1 heterocycles. The number of rotatable bonds is 3. The highest BCUT2D eigenvalue weighted by Gasteiger charge is 2.18. The molecule has 0 aliphatic carbocycles. The average Bonchev–Trinajstić information content (AvgIpc) is 2.48. The molecule has 0 bridgehead atoms. The Hall–Kier alpha value is -1.78. The molecule has 1 aromatic heterocycles. The number of hydrogen-bond donors (Lipinski definition) is 1. The van der Waals surface area contributed by atoms with Crippen LogP contribution < -0.4 is 0 Å². The molecule has 5 nitrogen and oxygen atoms in total. The van der Waals surface area contributed by atoms with Crippen LogP contribution in [0.1, 0.15) is 33.6 Å². The van der Waals surface area contributed by atoms with Crippen molar-refractivity contribution in [2.45, 2.75) is 13.8 Å². The summed E-state index contributed by atoms with van der Waals surface area (Å²) in [5.41, 5.74) is 0.157. The Morgan fingerprint density at radius 3 is 2.64 bits per heavy atom. The van der Waals surface area contributed by atoms with Crippen LogP contribution in [0.2, 0.25) is 0 Å². The maximum absolute atomic E-state index is 11.2. The van der Waals surface area contributed by atoms with Gasteiger partial charge < -0.3 is 14.3 Å². The SMILES string of the molecule is CCOC(=O)c1cc(C(=O)O)oc1C. The molecule has 76 valence electrons. The lowest BCUT2D eigenvalue weighted by molar-refractivity contribution is 0.0523. The van der Waals surface area contributed by atoms with Gasteiger partial charge in [0.05, 0.1) is 6.61 Å². The van der Waals surface area contributed by atoms with Crippen molar-refractivity contribution in [1.82, 2.24) is 0 Å². The van der Waals surface area contributed by atoms with E-state index in [0.29, 0.717) is 0 Å². The molecule has 0 fully saturated rings. The Morgan fingerprint density at radius 1 is 1.57 bits per heavy atom. The minimum atomic E-state index is -1.20. The molecule has 0 spiro atoms. The second-order valence-corrected chi connectivity index (χ2v) is 2.61. The molecule has 0 unspecified atom stereocenters. The van der Waals surface area contributed by atoms with Crippen molar-refractivity contribution >= 4 is 11.9 Å². The summed E-state index contributed by atoms with van der Waals surface area (Å²) in [7, 11) is 0. The highest BCUT2D eigenvalue weighted by Crippen LogP contribution is 2.15. The zero-order chi connectivity index (χ0) is 10.7. The van der Waals surface area contributed by atoms with Crippen molar-refractivity contribution in [1.29, 1.82) is 0 Å². The molecular weight excluding hydrogens is 188 g/mol. The monoisotopic (exact) mass is 198 g/mol. The molecule has 0 saturated heterocycles. The Kier molecular flexibility index (Phi) is 2.91. The second kappa shape index (κ2) is 3.95. The van der Waals surface area contributed by atoms with Crippen molar-refractivity contribution < 1.29 is 23.8 Å². The molecule has 5 heteroatoms. The fourth-order valence-electron chi connectivity index (χ4n) is 0.999.